The number of nitrogens with zero attached hydrogens (tertiary/aromatic N) is 6. The van der Waals surface area contributed by atoms with Crippen LogP contribution in [0.1, 0.15) is 49.3 Å². The van der Waals surface area contributed by atoms with Gasteiger partial charge >= 0.3 is 17.9 Å². The molecule has 3 atom stereocenters. The van der Waals surface area contributed by atoms with E-state index in [9.17, 15) is 27.6 Å². The number of likely N-dealkylation sites (tertiary alicyclic amines) is 4. The third-order valence-electron chi connectivity index (χ3n) is 11.1. The van der Waals surface area contributed by atoms with Crippen LogP contribution in [0.4, 0.5) is 23.7 Å². The molecule has 4 saturated heterocycles. The average molecular weight is 730 g/mol. The first-order valence-electron chi connectivity index (χ1n) is 17.5. The van der Waals surface area contributed by atoms with Crippen molar-refractivity contribution in [2.24, 2.45) is 0 Å². The minimum atomic E-state index is -4.75. The molecule has 2 aromatic carbocycles. The average Bonchev–Trinajstić information content (AvgIpc) is 3.83. The van der Waals surface area contributed by atoms with Crippen molar-refractivity contribution in [1.29, 1.82) is 0 Å². The summed E-state index contributed by atoms with van der Waals surface area (Å²) in [6, 6.07) is 11.1. The van der Waals surface area contributed by atoms with Gasteiger partial charge in [-0.2, -0.15) is 13.2 Å². The zero-order valence-electron chi connectivity index (χ0n) is 28.4. The van der Waals surface area contributed by atoms with Crippen LogP contribution in [0.15, 0.2) is 47.3 Å². The van der Waals surface area contributed by atoms with Gasteiger partial charge in [0.25, 0.3) is 0 Å². The number of benzene rings is 2. The number of nitrogens with one attached hydrogen (secondary N) is 2. The van der Waals surface area contributed by atoms with Crippen molar-refractivity contribution in [2.45, 2.75) is 74.9 Å². The molecule has 0 radical (unpaired) electrons. The predicted octanol–water partition coefficient (Wildman–Crippen LogP) is 3.83. The van der Waals surface area contributed by atoms with Crippen LogP contribution in [0.3, 0.4) is 0 Å². The molecule has 0 spiro atoms. The molecule has 4 aliphatic rings. The van der Waals surface area contributed by atoms with Crippen LogP contribution >= 0.6 is 11.6 Å². The number of aromatic amines is 1. The summed E-state index contributed by atoms with van der Waals surface area (Å²) in [6.07, 6.45) is -1.30. The summed E-state index contributed by atoms with van der Waals surface area (Å²) in [5.74, 6) is 0.111. The zero-order valence-corrected chi connectivity index (χ0v) is 29.2. The number of fused-ring (bicyclic) bond motifs is 2. The maximum absolute atomic E-state index is 14.1. The van der Waals surface area contributed by atoms with Crippen molar-refractivity contribution in [3.8, 4) is 11.4 Å². The van der Waals surface area contributed by atoms with Crippen molar-refractivity contribution < 1.29 is 22.8 Å². The highest BCUT2D eigenvalue weighted by Gasteiger charge is 2.45. The quantitative estimate of drug-likeness (QED) is 0.315. The molecule has 4 N–H and O–H groups in total. The van der Waals surface area contributed by atoms with Crippen molar-refractivity contribution in [1.82, 2.24) is 39.7 Å². The summed E-state index contributed by atoms with van der Waals surface area (Å²) < 4.78 is 42.9. The Hall–Kier alpha value is -4.08. The fourth-order valence-electron chi connectivity index (χ4n) is 8.31. The van der Waals surface area contributed by atoms with Crippen molar-refractivity contribution >= 4 is 29.2 Å². The lowest BCUT2D eigenvalue weighted by molar-refractivity contribution is -0.137. The van der Waals surface area contributed by atoms with Crippen molar-refractivity contribution in [2.75, 3.05) is 52.0 Å². The van der Waals surface area contributed by atoms with Crippen molar-refractivity contribution in [3.63, 3.8) is 0 Å². The van der Waals surface area contributed by atoms with Gasteiger partial charge in [-0.1, -0.05) is 41.9 Å². The lowest BCUT2D eigenvalue weighted by atomic mass is 9.98. The number of rotatable bonds is 7. The standard InChI is InChI=1S/C35H43ClF3N9O3/c1-44-19-26-18-25(44)20-47(26)23-7-11-45(12-8-23)32(49)29(17-21-15-27(35(37,38)39)30(40)28(36)16-21)41-33(50)46-13-9-24(10-14-46)48-34(51)42-31(43-48)22-5-3-2-4-6-22/h2-6,15-16,23-26,29H,7-14,17-20,40H2,1H3,(H,41,50)(H,42,43,51)/t25?,26?,29-/m1/s1. The number of aromatic nitrogens is 3. The van der Waals surface area contributed by atoms with E-state index in [1.807, 2.05) is 30.3 Å². The number of hydrogen-bond acceptors (Lipinski definition) is 7. The van der Waals surface area contributed by atoms with E-state index in [-0.39, 0.29) is 34.6 Å². The summed E-state index contributed by atoms with van der Waals surface area (Å²) >= 11 is 6.13. The molecule has 0 aliphatic carbocycles. The fourth-order valence-corrected chi connectivity index (χ4v) is 8.55. The molecule has 3 amide bonds. The molecular weight excluding hydrogens is 687 g/mol. The van der Waals surface area contributed by atoms with Crippen LogP contribution in [-0.4, -0.2) is 117 Å². The third-order valence-corrected chi connectivity index (χ3v) is 11.4. The van der Waals surface area contributed by atoms with Crippen LogP contribution in [0.2, 0.25) is 5.02 Å². The van der Waals surface area contributed by atoms with Crippen LogP contribution in [0.5, 0.6) is 0 Å². The monoisotopic (exact) mass is 729 g/mol. The largest absolute Gasteiger partial charge is 0.418 e. The molecule has 274 valence electrons. The Morgan fingerprint density at radius 2 is 1.65 bits per heavy atom. The van der Waals surface area contributed by atoms with Gasteiger partial charge in [0.15, 0.2) is 5.82 Å². The van der Waals surface area contributed by atoms with E-state index in [0.717, 1.165) is 44.0 Å². The minimum absolute atomic E-state index is 0.137. The molecule has 51 heavy (non-hydrogen) atoms. The van der Waals surface area contributed by atoms with Gasteiger partial charge < -0.3 is 25.8 Å². The number of piperidine rings is 2. The smallest absolute Gasteiger partial charge is 0.397 e. The number of H-pyrrole nitrogens is 1. The van der Waals surface area contributed by atoms with Crippen molar-refractivity contribution in [3.05, 3.63) is 69.1 Å². The number of anilines is 1. The second-order valence-corrected chi connectivity index (χ2v) is 14.7. The number of nitrogens with two attached hydrogens (primary N) is 1. The molecular formula is C35H43ClF3N9O3. The molecule has 2 bridgehead atoms. The number of carbonyl (C=O) groups excluding carboxylic acids is 2. The van der Waals surface area contributed by atoms with E-state index in [4.69, 9.17) is 17.3 Å². The van der Waals surface area contributed by atoms with E-state index >= 15 is 0 Å². The first-order chi connectivity index (χ1) is 24.4. The Morgan fingerprint density at radius 1 is 0.980 bits per heavy atom. The number of amides is 3. The van der Waals surface area contributed by atoms with Gasteiger partial charge in [0.2, 0.25) is 5.91 Å². The Morgan fingerprint density at radius 3 is 2.27 bits per heavy atom. The maximum atomic E-state index is 14.1. The summed E-state index contributed by atoms with van der Waals surface area (Å²) in [6.45, 7) is 3.64. The fraction of sp³-hybridized carbons (Fsp3) is 0.543. The zero-order chi connectivity index (χ0) is 36.0. The number of halogens is 4. The predicted molar refractivity (Wildman–Crippen MR) is 186 cm³/mol. The molecule has 0 saturated carbocycles. The van der Waals surface area contributed by atoms with Crippen LogP contribution in [0.25, 0.3) is 11.4 Å². The lowest BCUT2D eigenvalue weighted by Gasteiger charge is -2.42. The van der Waals surface area contributed by atoms with E-state index < -0.39 is 29.5 Å². The highest BCUT2D eigenvalue weighted by Crippen LogP contribution is 2.38. The summed E-state index contributed by atoms with van der Waals surface area (Å²) in [4.78, 5) is 51.6. The minimum Gasteiger partial charge on any atom is -0.397 e. The summed E-state index contributed by atoms with van der Waals surface area (Å²) in [7, 11) is 2.16. The molecule has 16 heteroatoms. The number of likely N-dealkylation sites (N-methyl/N-ethyl adjacent to an activating group) is 1. The summed E-state index contributed by atoms with van der Waals surface area (Å²) in [5.41, 5.74) is 4.59. The molecule has 1 aromatic heterocycles. The first-order valence-corrected chi connectivity index (χ1v) is 17.9. The number of nitrogen functional groups attached to an aromatic ring is 1. The number of alkyl halides is 3. The first kappa shape index (κ1) is 35.3. The van der Waals surface area contributed by atoms with E-state index in [1.165, 1.54) is 10.7 Å². The van der Waals surface area contributed by atoms with E-state index in [1.54, 1.807) is 9.80 Å². The normalized spacial score (nSPS) is 22.8. The second kappa shape index (κ2) is 14.2. The maximum Gasteiger partial charge on any atom is 0.418 e. The van der Waals surface area contributed by atoms with Gasteiger partial charge in [-0.3, -0.25) is 14.7 Å². The molecule has 5 heterocycles. The van der Waals surface area contributed by atoms with Gasteiger partial charge in [0, 0.05) is 69.4 Å². The van der Waals surface area contributed by atoms with Gasteiger partial charge in [0.1, 0.15) is 6.04 Å². The van der Waals surface area contributed by atoms with Crippen LogP contribution < -0.4 is 16.7 Å². The number of hydrogen-bond donors (Lipinski definition) is 3. The highest BCUT2D eigenvalue weighted by atomic mass is 35.5. The Bertz CT molecular complexity index is 1800. The molecule has 2 unspecified atom stereocenters. The Kier molecular flexibility index (Phi) is 9.80. The molecule has 7 rings (SSSR count). The van der Waals surface area contributed by atoms with Gasteiger partial charge in [-0.05, 0) is 56.8 Å². The summed E-state index contributed by atoms with van der Waals surface area (Å²) in [5, 5.41) is 7.08. The number of urea groups is 1. The third kappa shape index (κ3) is 7.33. The molecule has 12 nitrogen and oxygen atoms in total. The lowest BCUT2D eigenvalue weighted by Crippen LogP contribution is -2.57. The Labute approximate surface area is 298 Å². The second-order valence-electron chi connectivity index (χ2n) is 14.3. The highest BCUT2D eigenvalue weighted by molar-refractivity contribution is 6.33. The molecule has 4 aliphatic heterocycles. The van der Waals surface area contributed by atoms with E-state index in [0.29, 0.717) is 63.0 Å². The molecule has 4 fully saturated rings. The van der Waals surface area contributed by atoms with Gasteiger partial charge in [-0.25, -0.2) is 14.3 Å². The van der Waals surface area contributed by atoms with E-state index in [2.05, 4.69) is 32.2 Å². The topological polar surface area (TPSA) is 136 Å². The SMILES string of the molecule is CN1CC2CC1CN2C1CCN(C(=O)[C@@H](Cc2cc(Cl)c(N)c(C(F)(F)F)c2)NC(=O)N2CCC(n3nc(-c4ccccc4)[nH]c3=O)CC2)CC1. The number of piperazine rings is 1. The molecule has 3 aromatic rings. The van der Waals surface area contributed by atoms with Gasteiger partial charge in [-0.15, -0.1) is 5.10 Å². The number of carbonyl (C=O) groups is 2. The van der Waals surface area contributed by atoms with Crippen LogP contribution in [-0.2, 0) is 17.4 Å². The van der Waals surface area contributed by atoms with Gasteiger partial charge in [0.05, 0.1) is 22.3 Å². The Balaban J connectivity index is 1.03. The van der Waals surface area contributed by atoms with Crippen LogP contribution in [0, 0.1) is 0 Å².